The Kier molecular flexibility index (Phi) is 6.52. The Morgan fingerprint density at radius 1 is 0.941 bits per heavy atom. The molecule has 0 saturated carbocycles. The molecule has 1 heterocycles. The average Bonchev–Trinajstić information content (AvgIpc) is 3.27. The zero-order valence-corrected chi connectivity index (χ0v) is 18.7. The summed E-state index contributed by atoms with van der Waals surface area (Å²) in [7, 11) is -4.36. The summed E-state index contributed by atoms with van der Waals surface area (Å²) in [6.07, 6.45) is -3.96. The van der Waals surface area contributed by atoms with Gasteiger partial charge >= 0.3 is 6.18 Å². The molecule has 178 valence electrons. The molecule has 1 aliphatic heterocycles. The van der Waals surface area contributed by atoms with Gasteiger partial charge < -0.3 is 10.2 Å². The first-order chi connectivity index (χ1) is 16.1. The van der Waals surface area contributed by atoms with Crippen molar-refractivity contribution < 1.29 is 26.4 Å². The van der Waals surface area contributed by atoms with Crippen LogP contribution >= 0.6 is 0 Å². The normalized spacial score (nSPS) is 16.3. The van der Waals surface area contributed by atoms with Gasteiger partial charge in [0.05, 0.1) is 21.7 Å². The number of nitrogens with zero attached hydrogens (tertiary/aromatic N) is 1. The van der Waals surface area contributed by atoms with Crippen molar-refractivity contribution in [3.05, 3.63) is 90.0 Å². The van der Waals surface area contributed by atoms with Gasteiger partial charge in [0.25, 0.3) is 15.9 Å². The maximum atomic E-state index is 13.2. The first-order valence-electron chi connectivity index (χ1n) is 10.5. The molecule has 6 nitrogen and oxygen atoms in total. The Morgan fingerprint density at radius 2 is 1.65 bits per heavy atom. The molecule has 10 heteroatoms. The van der Waals surface area contributed by atoms with Crippen molar-refractivity contribution in [2.24, 2.45) is 0 Å². The van der Waals surface area contributed by atoms with Gasteiger partial charge in [-0.25, -0.2) is 8.42 Å². The summed E-state index contributed by atoms with van der Waals surface area (Å²) in [6.45, 7) is 0.917. The van der Waals surface area contributed by atoms with Crippen LogP contribution in [0, 0.1) is 0 Å². The van der Waals surface area contributed by atoms with Gasteiger partial charge in [0.15, 0.2) is 0 Å². The van der Waals surface area contributed by atoms with Gasteiger partial charge in [-0.3, -0.25) is 9.52 Å². The molecule has 0 aliphatic carbocycles. The van der Waals surface area contributed by atoms with Crippen molar-refractivity contribution in [1.82, 2.24) is 4.90 Å². The fourth-order valence-corrected chi connectivity index (χ4v) is 4.93. The Bertz CT molecular complexity index is 1280. The topological polar surface area (TPSA) is 78.5 Å². The van der Waals surface area contributed by atoms with E-state index in [2.05, 4.69) is 10.0 Å². The number of hydrogen-bond donors (Lipinski definition) is 2. The number of nitrogens with one attached hydrogen (secondary N) is 2. The number of alkyl halides is 3. The van der Waals surface area contributed by atoms with Gasteiger partial charge in [0, 0.05) is 24.8 Å². The molecule has 1 saturated heterocycles. The van der Waals surface area contributed by atoms with Gasteiger partial charge in [0.1, 0.15) is 0 Å². The van der Waals surface area contributed by atoms with Crippen LogP contribution in [-0.4, -0.2) is 38.4 Å². The summed E-state index contributed by atoms with van der Waals surface area (Å²) in [5.41, 5.74) is -0.00685. The van der Waals surface area contributed by atoms with Crippen molar-refractivity contribution >= 4 is 27.3 Å². The second kappa shape index (κ2) is 9.38. The molecule has 1 atom stereocenters. The minimum absolute atomic E-state index is 0.00406. The van der Waals surface area contributed by atoms with Crippen LogP contribution < -0.4 is 10.0 Å². The lowest BCUT2D eigenvalue weighted by atomic mass is 10.1. The second-order valence-electron chi connectivity index (χ2n) is 7.92. The summed E-state index contributed by atoms with van der Waals surface area (Å²) in [4.78, 5) is 14.3. The quantitative estimate of drug-likeness (QED) is 0.520. The van der Waals surface area contributed by atoms with E-state index in [1.807, 2.05) is 30.3 Å². The third-order valence-electron chi connectivity index (χ3n) is 5.49. The molecule has 3 aromatic rings. The van der Waals surface area contributed by atoms with E-state index >= 15 is 0 Å². The molecular weight excluding hydrogens is 467 g/mol. The lowest BCUT2D eigenvalue weighted by molar-refractivity contribution is -0.137. The van der Waals surface area contributed by atoms with E-state index in [9.17, 15) is 26.4 Å². The van der Waals surface area contributed by atoms with Crippen LogP contribution in [-0.2, 0) is 16.2 Å². The lowest BCUT2D eigenvalue weighted by Crippen LogP contribution is -2.32. The lowest BCUT2D eigenvalue weighted by Gasteiger charge is -2.20. The number of para-hydroxylation sites is 2. The van der Waals surface area contributed by atoms with E-state index in [4.69, 9.17) is 0 Å². The minimum atomic E-state index is -4.68. The smallest absolute Gasteiger partial charge is 0.380 e. The molecule has 0 aromatic heterocycles. The monoisotopic (exact) mass is 489 g/mol. The summed E-state index contributed by atoms with van der Waals surface area (Å²) in [6, 6.07) is 19.1. The van der Waals surface area contributed by atoms with Crippen LogP contribution in [0.5, 0.6) is 0 Å². The predicted octanol–water partition coefficient (Wildman–Crippen LogP) is 4.83. The zero-order chi connectivity index (χ0) is 24.3. The largest absolute Gasteiger partial charge is 0.416 e. The van der Waals surface area contributed by atoms with Gasteiger partial charge in [-0.1, -0.05) is 36.4 Å². The van der Waals surface area contributed by atoms with Crippen molar-refractivity contribution in [2.45, 2.75) is 23.5 Å². The van der Waals surface area contributed by atoms with E-state index in [1.165, 1.54) is 12.1 Å². The molecule has 1 unspecified atom stereocenters. The van der Waals surface area contributed by atoms with E-state index in [1.54, 1.807) is 17.0 Å². The molecule has 34 heavy (non-hydrogen) atoms. The number of benzene rings is 3. The van der Waals surface area contributed by atoms with E-state index in [0.29, 0.717) is 19.2 Å². The summed E-state index contributed by atoms with van der Waals surface area (Å²) >= 11 is 0. The highest BCUT2D eigenvalue weighted by Crippen LogP contribution is 2.31. The minimum Gasteiger partial charge on any atom is -0.380 e. The number of anilines is 2. The van der Waals surface area contributed by atoms with Crippen molar-refractivity contribution in [3.63, 3.8) is 0 Å². The Labute approximate surface area is 195 Å². The second-order valence-corrected chi connectivity index (χ2v) is 9.61. The molecule has 3 aromatic carbocycles. The van der Waals surface area contributed by atoms with Crippen LogP contribution in [0.3, 0.4) is 0 Å². The summed E-state index contributed by atoms with van der Waals surface area (Å²) < 4.78 is 67.0. The van der Waals surface area contributed by atoms with E-state index in [-0.39, 0.29) is 23.2 Å². The Morgan fingerprint density at radius 3 is 2.38 bits per heavy atom. The van der Waals surface area contributed by atoms with Gasteiger partial charge in [-0.05, 0) is 48.9 Å². The fourth-order valence-electron chi connectivity index (χ4n) is 3.80. The van der Waals surface area contributed by atoms with Crippen LogP contribution in [0.4, 0.5) is 24.5 Å². The maximum Gasteiger partial charge on any atom is 0.416 e. The number of carbonyl (C=O) groups excluding carboxylic acids is 1. The van der Waals surface area contributed by atoms with Crippen LogP contribution in [0.15, 0.2) is 83.8 Å². The molecule has 2 N–H and O–H groups in total. The number of halogens is 3. The first kappa shape index (κ1) is 23.6. The van der Waals surface area contributed by atoms with Gasteiger partial charge in [-0.15, -0.1) is 0 Å². The van der Waals surface area contributed by atoms with Crippen LogP contribution in [0.25, 0.3) is 0 Å². The number of rotatable bonds is 6. The number of hydrogen-bond acceptors (Lipinski definition) is 4. The first-order valence-corrected chi connectivity index (χ1v) is 12.0. The number of likely N-dealkylation sites (tertiary alicyclic amines) is 1. The molecule has 1 aliphatic rings. The molecule has 0 radical (unpaired) electrons. The van der Waals surface area contributed by atoms with Crippen molar-refractivity contribution in [3.8, 4) is 0 Å². The van der Waals surface area contributed by atoms with Gasteiger partial charge in [0.2, 0.25) is 0 Å². The Hall–Kier alpha value is -3.53. The van der Waals surface area contributed by atoms with Crippen LogP contribution in [0.2, 0.25) is 0 Å². The molecule has 4 rings (SSSR count). The van der Waals surface area contributed by atoms with Gasteiger partial charge in [-0.2, -0.15) is 13.2 Å². The van der Waals surface area contributed by atoms with E-state index in [0.717, 1.165) is 30.3 Å². The molecular formula is C24H22F3N3O3S. The number of amides is 1. The summed E-state index contributed by atoms with van der Waals surface area (Å²) in [5, 5.41) is 3.37. The number of sulfonamides is 1. The van der Waals surface area contributed by atoms with Crippen molar-refractivity contribution in [2.75, 3.05) is 23.1 Å². The Balaban J connectivity index is 1.51. The highest BCUT2D eigenvalue weighted by molar-refractivity contribution is 7.92. The standard InChI is InChI=1S/C24H22F3N3O3S/c25-24(26,27)17-7-6-10-20(15-17)34(32,33)29-22-12-5-4-11-21(22)23(31)30-14-13-19(16-30)28-18-8-2-1-3-9-18/h1-12,15,19,28-29H,13-14,16H2. The van der Waals surface area contributed by atoms with Crippen LogP contribution in [0.1, 0.15) is 22.3 Å². The molecule has 1 amide bonds. The predicted molar refractivity (Wildman–Crippen MR) is 123 cm³/mol. The van der Waals surface area contributed by atoms with E-state index < -0.39 is 26.7 Å². The molecule has 1 fully saturated rings. The summed E-state index contributed by atoms with van der Waals surface area (Å²) in [5.74, 6) is -0.361. The third-order valence-corrected chi connectivity index (χ3v) is 6.86. The SMILES string of the molecule is O=C(c1ccccc1NS(=O)(=O)c1cccc(C(F)(F)F)c1)N1CCC(Nc2ccccc2)C1. The third kappa shape index (κ3) is 5.33. The zero-order valence-electron chi connectivity index (χ0n) is 17.9. The average molecular weight is 490 g/mol. The maximum absolute atomic E-state index is 13.2. The molecule has 0 spiro atoms. The fraction of sp³-hybridized carbons (Fsp3) is 0.208. The highest BCUT2D eigenvalue weighted by Gasteiger charge is 2.32. The number of carbonyl (C=O) groups is 1. The molecule has 0 bridgehead atoms. The van der Waals surface area contributed by atoms with Crippen molar-refractivity contribution in [1.29, 1.82) is 0 Å². The highest BCUT2D eigenvalue weighted by atomic mass is 32.2.